The van der Waals surface area contributed by atoms with Gasteiger partial charge < -0.3 is 16.8 Å². The van der Waals surface area contributed by atoms with Crippen LogP contribution in [0.15, 0.2) is 24.3 Å². The van der Waals surface area contributed by atoms with Crippen molar-refractivity contribution in [3.8, 4) is 0 Å². The molecule has 7 heteroatoms. The van der Waals surface area contributed by atoms with E-state index in [1.165, 1.54) is 0 Å². The van der Waals surface area contributed by atoms with E-state index >= 15 is 0 Å². The predicted molar refractivity (Wildman–Crippen MR) is 95.5 cm³/mol. The van der Waals surface area contributed by atoms with E-state index in [-0.39, 0.29) is 18.3 Å². The third-order valence-corrected chi connectivity index (χ3v) is 3.88. The fourth-order valence-corrected chi connectivity index (χ4v) is 2.39. The second kappa shape index (κ2) is 10.5. The van der Waals surface area contributed by atoms with Gasteiger partial charge in [0.05, 0.1) is 0 Å². The zero-order valence-corrected chi connectivity index (χ0v) is 14.9. The van der Waals surface area contributed by atoms with Crippen LogP contribution < -0.4 is 16.8 Å². The van der Waals surface area contributed by atoms with Gasteiger partial charge in [0.1, 0.15) is 5.54 Å². The van der Waals surface area contributed by atoms with E-state index < -0.39 is 11.4 Å². The van der Waals surface area contributed by atoms with E-state index in [1.807, 2.05) is 0 Å². The van der Waals surface area contributed by atoms with Gasteiger partial charge in [-0.05, 0) is 44.0 Å². The van der Waals surface area contributed by atoms with Gasteiger partial charge in [0.2, 0.25) is 11.8 Å². The molecule has 5 N–H and O–H groups in total. The first kappa shape index (κ1) is 21.7. The van der Waals surface area contributed by atoms with E-state index in [4.69, 9.17) is 23.1 Å². The lowest BCUT2D eigenvalue weighted by Crippen LogP contribution is -2.52. The molecule has 0 aliphatic carbocycles. The van der Waals surface area contributed by atoms with Gasteiger partial charge in [0.15, 0.2) is 0 Å². The minimum atomic E-state index is -1.26. The molecular formula is C16H25Cl2N3O2. The molecule has 0 aliphatic rings. The van der Waals surface area contributed by atoms with E-state index in [0.29, 0.717) is 23.6 Å². The summed E-state index contributed by atoms with van der Waals surface area (Å²) in [6, 6.07) is 6.77. The molecule has 1 aromatic carbocycles. The van der Waals surface area contributed by atoms with Gasteiger partial charge in [-0.25, -0.2) is 0 Å². The lowest BCUT2D eigenvalue weighted by molar-refractivity contribution is -0.131. The van der Waals surface area contributed by atoms with E-state index in [9.17, 15) is 9.59 Å². The Hall–Kier alpha value is -1.30. The molecule has 1 unspecified atom stereocenters. The van der Waals surface area contributed by atoms with Crippen LogP contribution in [0.4, 0.5) is 0 Å². The lowest BCUT2D eigenvalue weighted by atomic mass is 9.91. The molecule has 1 aromatic rings. The second-order valence-electron chi connectivity index (χ2n) is 5.50. The van der Waals surface area contributed by atoms with Gasteiger partial charge in [-0.15, -0.1) is 12.4 Å². The van der Waals surface area contributed by atoms with Gasteiger partial charge in [-0.3, -0.25) is 9.59 Å². The summed E-state index contributed by atoms with van der Waals surface area (Å²) in [5.74, 6) is -0.819. The number of benzene rings is 1. The smallest absolute Gasteiger partial charge is 0.247 e. The fraction of sp³-hybridized carbons (Fsp3) is 0.500. The van der Waals surface area contributed by atoms with Gasteiger partial charge in [0.25, 0.3) is 0 Å². The van der Waals surface area contributed by atoms with E-state index in [1.54, 1.807) is 31.2 Å². The molecule has 0 spiro atoms. The highest BCUT2D eigenvalue weighted by atomic mass is 35.5. The van der Waals surface area contributed by atoms with Crippen LogP contribution in [-0.2, 0) is 15.1 Å². The fourth-order valence-electron chi connectivity index (χ4n) is 2.20. The van der Waals surface area contributed by atoms with Gasteiger partial charge in [0, 0.05) is 11.4 Å². The quantitative estimate of drug-likeness (QED) is 0.589. The summed E-state index contributed by atoms with van der Waals surface area (Å²) in [4.78, 5) is 23.9. The van der Waals surface area contributed by atoms with Crippen molar-refractivity contribution in [3.63, 3.8) is 0 Å². The molecule has 0 radical (unpaired) electrons. The lowest BCUT2D eigenvalue weighted by Gasteiger charge is -2.28. The number of halogens is 2. The van der Waals surface area contributed by atoms with Crippen LogP contribution in [-0.4, -0.2) is 18.4 Å². The zero-order valence-electron chi connectivity index (χ0n) is 13.3. The Morgan fingerprint density at radius 3 is 2.43 bits per heavy atom. The summed E-state index contributed by atoms with van der Waals surface area (Å²) in [7, 11) is 0. The average Bonchev–Trinajstić information content (AvgIpc) is 2.46. The summed E-state index contributed by atoms with van der Waals surface area (Å²) in [6.07, 6.45) is 4.02. The largest absolute Gasteiger partial charge is 0.367 e. The SMILES string of the molecule is CC(NC(=O)CCCCCCN)(C(N)=O)c1cccc(Cl)c1.Cl. The molecule has 1 atom stereocenters. The van der Waals surface area contributed by atoms with Crippen LogP contribution in [0.1, 0.15) is 44.6 Å². The molecule has 0 aliphatic heterocycles. The van der Waals surface area contributed by atoms with Crippen molar-refractivity contribution in [3.05, 3.63) is 34.9 Å². The topological polar surface area (TPSA) is 98.2 Å². The van der Waals surface area contributed by atoms with Crippen LogP contribution >= 0.6 is 24.0 Å². The van der Waals surface area contributed by atoms with Crippen molar-refractivity contribution in [1.82, 2.24) is 5.32 Å². The maximum atomic E-state index is 12.1. The van der Waals surface area contributed by atoms with E-state index in [2.05, 4.69) is 5.32 Å². The van der Waals surface area contributed by atoms with Crippen LogP contribution in [0, 0.1) is 0 Å². The number of nitrogens with two attached hydrogens (primary N) is 2. The van der Waals surface area contributed by atoms with Crippen LogP contribution in [0.25, 0.3) is 0 Å². The first-order valence-corrected chi connectivity index (χ1v) is 7.85. The highest BCUT2D eigenvalue weighted by molar-refractivity contribution is 6.30. The van der Waals surface area contributed by atoms with Crippen LogP contribution in [0.2, 0.25) is 5.02 Å². The van der Waals surface area contributed by atoms with Crippen LogP contribution in [0.5, 0.6) is 0 Å². The van der Waals surface area contributed by atoms with Gasteiger partial charge in [-0.1, -0.05) is 36.6 Å². The Labute approximate surface area is 148 Å². The zero-order chi connectivity index (χ0) is 16.6. The summed E-state index contributed by atoms with van der Waals surface area (Å²) >= 11 is 5.95. The third kappa shape index (κ3) is 6.77. The van der Waals surface area contributed by atoms with Gasteiger partial charge in [-0.2, -0.15) is 0 Å². The summed E-state index contributed by atoms with van der Waals surface area (Å²) in [6.45, 7) is 2.26. The molecule has 23 heavy (non-hydrogen) atoms. The standard InChI is InChI=1S/C16H24ClN3O2.ClH/c1-16(15(19)22,12-7-6-8-13(17)11-12)20-14(21)9-4-2-3-5-10-18;/h6-8,11H,2-5,9-10,18H2,1H3,(H2,19,22)(H,20,21);1H. The molecule has 2 amide bonds. The maximum absolute atomic E-state index is 12.1. The number of primary amides is 1. The van der Waals surface area contributed by atoms with Crippen molar-refractivity contribution in [2.75, 3.05) is 6.54 Å². The van der Waals surface area contributed by atoms with Crippen molar-refractivity contribution in [2.24, 2.45) is 11.5 Å². The molecule has 130 valence electrons. The predicted octanol–water partition coefficient (Wildman–Crippen LogP) is 2.49. The third-order valence-electron chi connectivity index (χ3n) is 3.64. The Morgan fingerprint density at radius 2 is 1.87 bits per heavy atom. The van der Waals surface area contributed by atoms with Crippen molar-refractivity contribution in [1.29, 1.82) is 0 Å². The Bertz CT molecular complexity index is 526. The molecule has 0 saturated heterocycles. The van der Waals surface area contributed by atoms with Gasteiger partial charge >= 0.3 is 0 Å². The summed E-state index contributed by atoms with van der Waals surface area (Å²) < 4.78 is 0. The summed E-state index contributed by atoms with van der Waals surface area (Å²) in [5.41, 5.74) is 10.2. The Kier molecular flexibility index (Phi) is 9.88. The van der Waals surface area contributed by atoms with Crippen molar-refractivity contribution in [2.45, 2.75) is 44.6 Å². The summed E-state index contributed by atoms with van der Waals surface area (Å²) in [5, 5.41) is 3.22. The highest BCUT2D eigenvalue weighted by Crippen LogP contribution is 2.23. The number of unbranched alkanes of at least 4 members (excludes halogenated alkanes) is 3. The Balaban J connectivity index is 0.00000484. The molecule has 0 aromatic heterocycles. The average molecular weight is 362 g/mol. The number of rotatable bonds is 9. The number of hydrogen-bond acceptors (Lipinski definition) is 3. The van der Waals surface area contributed by atoms with Crippen molar-refractivity contribution >= 4 is 35.8 Å². The molecule has 5 nitrogen and oxygen atoms in total. The number of nitrogens with one attached hydrogen (secondary N) is 1. The minimum Gasteiger partial charge on any atom is -0.367 e. The van der Waals surface area contributed by atoms with Crippen LogP contribution in [0.3, 0.4) is 0 Å². The first-order valence-electron chi connectivity index (χ1n) is 7.47. The molecule has 0 heterocycles. The normalized spacial score (nSPS) is 12.8. The Morgan fingerprint density at radius 1 is 1.22 bits per heavy atom. The molecule has 0 saturated carbocycles. The number of carbonyl (C=O) groups is 2. The number of carbonyl (C=O) groups excluding carboxylic acids is 2. The molecule has 0 bridgehead atoms. The van der Waals surface area contributed by atoms with Crippen molar-refractivity contribution < 1.29 is 9.59 Å². The maximum Gasteiger partial charge on any atom is 0.247 e. The molecular weight excluding hydrogens is 337 g/mol. The minimum absolute atomic E-state index is 0. The molecule has 0 fully saturated rings. The second-order valence-corrected chi connectivity index (χ2v) is 5.94. The highest BCUT2D eigenvalue weighted by Gasteiger charge is 2.34. The monoisotopic (exact) mass is 361 g/mol. The first-order chi connectivity index (χ1) is 10.4. The number of hydrogen-bond donors (Lipinski definition) is 3. The number of amides is 2. The van der Waals surface area contributed by atoms with E-state index in [0.717, 1.165) is 25.7 Å². The molecule has 1 rings (SSSR count).